The second-order valence-electron chi connectivity index (χ2n) is 6.57. The van der Waals surface area contributed by atoms with Gasteiger partial charge in [-0.1, -0.05) is 6.92 Å². The number of alkyl halides is 6. The molecule has 2 aromatic heterocycles. The third-order valence-corrected chi connectivity index (χ3v) is 7.79. The number of aryl methyl sites for hydroxylation is 1. The van der Waals surface area contributed by atoms with Crippen molar-refractivity contribution in [2.45, 2.75) is 28.4 Å². The standard InChI is InChI=1S/C17H13F6N3O4S2/c1-3-31(27,28)13-6-9(16(18,19)20)4-5-11(13)14-25-12-7-10(8-24-15(12)26(14)2)32(29,30)17(21,22)23/h4-8H,3H2,1-2H3. The van der Waals surface area contributed by atoms with Crippen LogP contribution in [0.15, 0.2) is 40.3 Å². The fourth-order valence-corrected chi connectivity index (χ4v) is 4.71. The van der Waals surface area contributed by atoms with Crippen LogP contribution in [0.5, 0.6) is 0 Å². The second kappa shape index (κ2) is 7.43. The van der Waals surface area contributed by atoms with Gasteiger partial charge in [-0.3, -0.25) is 0 Å². The fraction of sp³-hybridized carbons (Fsp3) is 0.294. The zero-order valence-corrected chi connectivity index (χ0v) is 17.8. The van der Waals surface area contributed by atoms with Crippen LogP contribution in [0.25, 0.3) is 22.6 Å². The molecule has 174 valence electrons. The molecule has 0 radical (unpaired) electrons. The molecule has 0 aliphatic rings. The molecule has 1 aromatic carbocycles. The maximum absolute atomic E-state index is 13.1. The fourth-order valence-electron chi connectivity index (χ4n) is 2.88. The predicted octanol–water partition coefficient (Wildman–Crippen LogP) is 3.74. The van der Waals surface area contributed by atoms with E-state index in [1.54, 1.807) is 0 Å². The van der Waals surface area contributed by atoms with Crippen molar-refractivity contribution in [2.75, 3.05) is 5.75 Å². The Morgan fingerprint density at radius 1 is 1.00 bits per heavy atom. The van der Waals surface area contributed by atoms with Crippen molar-refractivity contribution >= 4 is 30.8 Å². The lowest BCUT2D eigenvalue weighted by Gasteiger charge is -2.13. The third kappa shape index (κ3) is 3.94. The van der Waals surface area contributed by atoms with E-state index in [9.17, 15) is 43.2 Å². The van der Waals surface area contributed by atoms with Gasteiger partial charge < -0.3 is 4.57 Å². The normalized spacial score (nSPS) is 13.6. The van der Waals surface area contributed by atoms with Crippen LogP contribution < -0.4 is 0 Å². The van der Waals surface area contributed by atoms with E-state index in [0.717, 1.165) is 10.6 Å². The van der Waals surface area contributed by atoms with Gasteiger partial charge in [-0.05, 0) is 24.3 Å². The molecule has 0 bridgehead atoms. The molecule has 15 heteroatoms. The van der Waals surface area contributed by atoms with Gasteiger partial charge in [0.25, 0.3) is 9.84 Å². The topological polar surface area (TPSA) is 99.0 Å². The Morgan fingerprint density at radius 3 is 2.16 bits per heavy atom. The molecule has 0 spiro atoms. The highest BCUT2D eigenvalue weighted by atomic mass is 32.2. The Balaban J connectivity index is 2.30. The van der Waals surface area contributed by atoms with Gasteiger partial charge in [0.05, 0.1) is 21.1 Å². The Bertz CT molecular complexity index is 1420. The summed E-state index contributed by atoms with van der Waals surface area (Å²) in [6.07, 6.45) is -4.36. The zero-order valence-electron chi connectivity index (χ0n) is 16.2. The quantitative estimate of drug-likeness (QED) is 0.505. The first kappa shape index (κ1) is 24.0. The number of hydrogen-bond acceptors (Lipinski definition) is 6. The number of benzene rings is 1. The number of pyridine rings is 1. The summed E-state index contributed by atoms with van der Waals surface area (Å²) in [4.78, 5) is 5.76. The molecule has 3 rings (SSSR count). The minimum atomic E-state index is -5.73. The van der Waals surface area contributed by atoms with Crippen molar-refractivity contribution in [2.24, 2.45) is 7.05 Å². The molecule has 0 amide bonds. The van der Waals surface area contributed by atoms with Gasteiger partial charge in [-0.15, -0.1) is 0 Å². The molecule has 0 fully saturated rings. The molecule has 0 unspecified atom stereocenters. The number of nitrogens with zero attached hydrogens (tertiary/aromatic N) is 3. The van der Waals surface area contributed by atoms with Crippen LogP contribution in [0.1, 0.15) is 12.5 Å². The lowest BCUT2D eigenvalue weighted by molar-refractivity contribution is -0.137. The molecular weight excluding hydrogens is 488 g/mol. The van der Waals surface area contributed by atoms with Crippen LogP contribution in [0.2, 0.25) is 0 Å². The number of aromatic nitrogens is 3. The molecule has 0 aliphatic heterocycles. The van der Waals surface area contributed by atoms with Crippen molar-refractivity contribution < 1.29 is 43.2 Å². The van der Waals surface area contributed by atoms with E-state index in [0.29, 0.717) is 24.4 Å². The summed E-state index contributed by atoms with van der Waals surface area (Å²) in [6, 6.07) is 2.56. The number of imidazole rings is 1. The van der Waals surface area contributed by atoms with Crippen LogP contribution >= 0.6 is 0 Å². The minimum Gasteiger partial charge on any atom is -0.312 e. The van der Waals surface area contributed by atoms with Gasteiger partial charge in [-0.2, -0.15) is 26.3 Å². The van der Waals surface area contributed by atoms with Crippen LogP contribution in [0.3, 0.4) is 0 Å². The summed E-state index contributed by atoms with van der Waals surface area (Å²) in [5, 5.41) is 0. The maximum atomic E-state index is 13.1. The third-order valence-electron chi connectivity index (χ3n) is 4.56. The van der Waals surface area contributed by atoms with Gasteiger partial charge in [-0.25, -0.2) is 26.8 Å². The van der Waals surface area contributed by atoms with Gasteiger partial charge in [0, 0.05) is 18.8 Å². The van der Waals surface area contributed by atoms with Gasteiger partial charge in [0.2, 0.25) is 0 Å². The smallest absolute Gasteiger partial charge is 0.312 e. The van der Waals surface area contributed by atoms with Gasteiger partial charge in [0.1, 0.15) is 11.3 Å². The van der Waals surface area contributed by atoms with E-state index in [1.807, 2.05) is 0 Å². The maximum Gasteiger partial charge on any atom is 0.501 e. The molecule has 0 aliphatic carbocycles. The first-order valence-corrected chi connectivity index (χ1v) is 11.7. The van der Waals surface area contributed by atoms with Crippen molar-refractivity contribution in [3.63, 3.8) is 0 Å². The average molecular weight is 501 g/mol. The van der Waals surface area contributed by atoms with Crippen molar-refractivity contribution in [1.82, 2.24) is 14.5 Å². The van der Waals surface area contributed by atoms with E-state index in [-0.39, 0.29) is 22.6 Å². The number of rotatable bonds is 4. The first-order valence-electron chi connectivity index (χ1n) is 8.59. The van der Waals surface area contributed by atoms with E-state index in [2.05, 4.69) is 9.97 Å². The van der Waals surface area contributed by atoms with E-state index >= 15 is 0 Å². The highest BCUT2D eigenvalue weighted by molar-refractivity contribution is 7.92. The molecule has 2 heterocycles. The molecule has 0 N–H and O–H groups in total. The van der Waals surface area contributed by atoms with Crippen LogP contribution in [0.4, 0.5) is 26.3 Å². The largest absolute Gasteiger partial charge is 0.501 e. The van der Waals surface area contributed by atoms with E-state index < -0.39 is 52.5 Å². The molecule has 0 saturated carbocycles. The predicted molar refractivity (Wildman–Crippen MR) is 99.9 cm³/mol. The number of hydrogen-bond donors (Lipinski definition) is 0. The summed E-state index contributed by atoms with van der Waals surface area (Å²) in [5.74, 6) is -0.757. The number of halogens is 6. The summed E-state index contributed by atoms with van der Waals surface area (Å²) in [6.45, 7) is 1.23. The monoisotopic (exact) mass is 501 g/mol. The Labute approximate surface area is 177 Å². The van der Waals surface area contributed by atoms with Crippen LogP contribution in [-0.2, 0) is 32.9 Å². The average Bonchev–Trinajstić information content (AvgIpc) is 3.02. The molecule has 32 heavy (non-hydrogen) atoms. The Kier molecular flexibility index (Phi) is 5.57. The minimum absolute atomic E-state index is 0.110. The summed E-state index contributed by atoms with van der Waals surface area (Å²) < 4.78 is 127. The number of fused-ring (bicyclic) bond motifs is 1. The van der Waals surface area contributed by atoms with Crippen molar-refractivity contribution in [1.29, 1.82) is 0 Å². The van der Waals surface area contributed by atoms with E-state index in [1.165, 1.54) is 14.0 Å². The molecule has 3 aromatic rings. The number of sulfone groups is 2. The van der Waals surface area contributed by atoms with E-state index in [4.69, 9.17) is 0 Å². The Hall–Kier alpha value is -2.68. The SMILES string of the molecule is CCS(=O)(=O)c1cc(C(F)(F)F)ccc1-c1nc2cc(S(=O)(=O)C(F)(F)F)cnc2n1C. The summed E-state index contributed by atoms with van der Waals surface area (Å²) >= 11 is 0. The lowest BCUT2D eigenvalue weighted by Crippen LogP contribution is -2.23. The highest BCUT2D eigenvalue weighted by Gasteiger charge is 2.47. The summed E-state index contributed by atoms with van der Waals surface area (Å²) in [5.41, 5.74) is -7.49. The van der Waals surface area contributed by atoms with Crippen LogP contribution in [0, 0.1) is 0 Å². The molecule has 0 saturated heterocycles. The summed E-state index contributed by atoms with van der Waals surface area (Å²) in [7, 11) is -8.61. The first-order chi connectivity index (χ1) is 14.5. The Morgan fingerprint density at radius 2 is 1.62 bits per heavy atom. The van der Waals surface area contributed by atoms with Crippen LogP contribution in [-0.4, -0.2) is 42.6 Å². The molecule has 7 nitrogen and oxygen atoms in total. The molecular formula is C17H13F6N3O4S2. The van der Waals surface area contributed by atoms with Crippen molar-refractivity contribution in [3.05, 3.63) is 36.0 Å². The van der Waals surface area contributed by atoms with Gasteiger partial charge in [0.15, 0.2) is 15.5 Å². The van der Waals surface area contributed by atoms with Gasteiger partial charge >= 0.3 is 11.7 Å². The zero-order chi connectivity index (χ0) is 24.3. The lowest BCUT2D eigenvalue weighted by atomic mass is 10.1. The highest BCUT2D eigenvalue weighted by Crippen LogP contribution is 2.37. The molecule has 0 atom stereocenters. The second-order valence-corrected chi connectivity index (χ2v) is 10.8. The van der Waals surface area contributed by atoms with Crippen molar-refractivity contribution in [3.8, 4) is 11.4 Å².